The molecule has 1 aliphatic rings. The van der Waals surface area contributed by atoms with Gasteiger partial charge >= 0.3 is 0 Å². The molecule has 1 aromatic rings. The van der Waals surface area contributed by atoms with E-state index >= 15 is 0 Å². The van der Waals surface area contributed by atoms with Crippen molar-refractivity contribution in [2.45, 2.75) is 19.3 Å². The number of hydrogen-bond acceptors (Lipinski definition) is 2. The minimum absolute atomic E-state index is 0.330. The molecule has 0 unspecified atom stereocenters. The Labute approximate surface area is 89.3 Å². The van der Waals surface area contributed by atoms with E-state index in [1.807, 2.05) is 11.4 Å². The first-order valence-electron chi connectivity index (χ1n) is 4.03. The van der Waals surface area contributed by atoms with Crippen LogP contribution in [0.3, 0.4) is 0 Å². The summed E-state index contributed by atoms with van der Waals surface area (Å²) in [4.78, 5) is 11.5. The summed E-state index contributed by atoms with van der Waals surface area (Å²) in [6.45, 7) is 0. The maximum atomic E-state index is 11.5. The second-order valence-corrected chi connectivity index (χ2v) is 6.02. The number of halogens is 1. The Balaban J connectivity index is 2.03. The maximum absolute atomic E-state index is 11.5. The van der Waals surface area contributed by atoms with Gasteiger partial charge < -0.3 is 0 Å². The highest BCUT2D eigenvalue weighted by molar-refractivity contribution is 14.1. The molecule has 3 heteroatoms. The van der Waals surface area contributed by atoms with Crippen LogP contribution in [-0.4, -0.2) is 5.78 Å². The molecular formula is C9H9IOS. The molecule has 0 bridgehead atoms. The third-order valence-corrected chi connectivity index (χ3v) is 3.85. The van der Waals surface area contributed by atoms with Gasteiger partial charge in [-0.3, -0.25) is 4.79 Å². The molecule has 1 aromatic heterocycles. The second kappa shape index (κ2) is 3.46. The monoisotopic (exact) mass is 292 g/mol. The molecule has 2 rings (SSSR count). The molecule has 0 spiro atoms. The molecule has 12 heavy (non-hydrogen) atoms. The first-order valence-corrected chi connectivity index (χ1v) is 5.99. The molecule has 0 aliphatic heterocycles. The van der Waals surface area contributed by atoms with E-state index in [1.54, 1.807) is 11.3 Å². The van der Waals surface area contributed by atoms with E-state index in [0.29, 0.717) is 11.7 Å². The summed E-state index contributed by atoms with van der Waals surface area (Å²) >= 11 is 3.90. The van der Waals surface area contributed by atoms with Crippen molar-refractivity contribution in [2.75, 3.05) is 0 Å². The number of carbonyl (C=O) groups excluding carboxylic acids is 1. The molecule has 1 nitrogen and oxygen atoms in total. The van der Waals surface area contributed by atoms with E-state index in [-0.39, 0.29) is 0 Å². The van der Waals surface area contributed by atoms with Crippen molar-refractivity contribution >= 4 is 39.7 Å². The molecule has 0 saturated heterocycles. The summed E-state index contributed by atoms with van der Waals surface area (Å²) in [6.07, 6.45) is 3.28. The van der Waals surface area contributed by atoms with Gasteiger partial charge in [-0.2, -0.15) is 0 Å². The average Bonchev–Trinajstić information content (AvgIpc) is 2.72. The van der Waals surface area contributed by atoms with Crippen molar-refractivity contribution in [2.24, 2.45) is 5.92 Å². The van der Waals surface area contributed by atoms with Gasteiger partial charge in [0, 0.05) is 17.4 Å². The Hall–Kier alpha value is 0.1000. The van der Waals surface area contributed by atoms with Gasteiger partial charge in [-0.1, -0.05) is 0 Å². The van der Waals surface area contributed by atoms with Gasteiger partial charge in [0.1, 0.15) is 0 Å². The molecule has 1 fully saturated rings. The van der Waals surface area contributed by atoms with Gasteiger partial charge in [0.15, 0.2) is 5.78 Å². The Bertz CT molecular complexity index is 301. The summed E-state index contributed by atoms with van der Waals surface area (Å²) in [5.74, 6) is 1.03. The minimum Gasteiger partial charge on any atom is -0.294 e. The molecule has 64 valence electrons. The van der Waals surface area contributed by atoms with Crippen molar-refractivity contribution in [3.8, 4) is 0 Å². The van der Waals surface area contributed by atoms with E-state index in [1.165, 1.54) is 15.7 Å². The second-order valence-electron chi connectivity index (χ2n) is 3.21. The quantitative estimate of drug-likeness (QED) is 0.617. The predicted octanol–water partition coefficient (Wildman–Crippen LogP) is 3.34. The first kappa shape index (κ1) is 8.69. The fraction of sp³-hybridized carbons (Fsp3) is 0.444. The summed E-state index contributed by atoms with van der Waals surface area (Å²) in [6, 6.07) is 1.98. The van der Waals surface area contributed by atoms with Crippen LogP contribution in [-0.2, 0) is 0 Å². The normalized spacial score (nSPS) is 16.4. The van der Waals surface area contributed by atoms with E-state index in [2.05, 4.69) is 22.6 Å². The lowest BCUT2D eigenvalue weighted by Gasteiger charge is -1.93. The molecule has 0 atom stereocenters. The minimum atomic E-state index is 0.330. The highest BCUT2D eigenvalue weighted by Crippen LogP contribution is 2.34. The van der Waals surface area contributed by atoms with Crippen molar-refractivity contribution in [3.63, 3.8) is 0 Å². The van der Waals surface area contributed by atoms with Gasteiger partial charge in [-0.15, -0.1) is 11.3 Å². The van der Waals surface area contributed by atoms with Crippen LogP contribution >= 0.6 is 33.9 Å². The maximum Gasteiger partial charge on any atom is 0.164 e. The number of rotatable bonds is 3. The number of Topliss-reactive ketones (excluding diaryl/α,β-unsaturated/α-hetero) is 1. The van der Waals surface area contributed by atoms with Crippen LogP contribution in [0.1, 0.15) is 29.6 Å². The lowest BCUT2D eigenvalue weighted by molar-refractivity contribution is 0.0976. The van der Waals surface area contributed by atoms with Crippen LogP contribution < -0.4 is 0 Å². The van der Waals surface area contributed by atoms with Gasteiger partial charge in [0.05, 0.1) is 2.88 Å². The molecule has 1 saturated carbocycles. The van der Waals surface area contributed by atoms with E-state index in [4.69, 9.17) is 0 Å². The molecule has 1 aliphatic carbocycles. The van der Waals surface area contributed by atoms with Crippen LogP contribution in [0.5, 0.6) is 0 Å². The summed E-state index contributed by atoms with van der Waals surface area (Å²) in [5, 5.41) is 1.96. The van der Waals surface area contributed by atoms with Crippen molar-refractivity contribution in [1.82, 2.24) is 0 Å². The Kier molecular flexibility index (Phi) is 2.50. The zero-order valence-corrected chi connectivity index (χ0v) is 9.52. The standard InChI is InChI=1S/C9H9IOS/c10-9-4-7(5-12-9)8(11)3-6-1-2-6/h4-6H,1-3H2. The van der Waals surface area contributed by atoms with Crippen molar-refractivity contribution < 1.29 is 4.79 Å². The van der Waals surface area contributed by atoms with Crippen LogP contribution in [0.2, 0.25) is 0 Å². The third kappa shape index (κ3) is 2.07. The van der Waals surface area contributed by atoms with Crippen LogP contribution in [0, 0.1) is 8.80 Å². The molecule has 0 N–H and O–H groups in total. The fourth-order valence-corrected chi connectivity index (χ4v) is 2.51. The molecule has 1 heterocycles. The lowest BCUT2D eigenvalue weighted by atomic mass is 10.1. The van der Waals surface area contributed by atoms with Crippen molar-refractivity contribution in [1.29, 1.82) is 0 Å². The predicted molar refractivity (Wildman–Crippen MR) is 58.7 cm³/mol. The number of ketones is 1. The smallest absolute Gasteiger partial charge is 0.164 e. The fourth-order valence-electron chi connectivity index (χ4n) is 1.16. The lowest BCUT2D eigenvalue weighted by Crippen LogP contribution is -1.97. The van der Waals surface area contributed by atoms with Gasteiger partial charge in [-0.05, 0) is 47.4 Å². The number of carbonyl (C=O) groups is 1. The van der Waals surface area contributed by atoms with Crippen LogP contribution in [0.4, 0.5) is 0 Å². The van der Waals surface area contributed by atoms with E-state index in [0.717, 1.165) is 12.0 Å². The SMILES string of the molecule is O=C(CC1CC1)c1csc(I)c1. The topological polar surface area (TPSA) is 17.1 Å². The van der Waals surface area contributed by atoms with Gasteiger partial charge in [0.25, 0.3) is 0 Å². The zero-order valence-electron chi connectivity index (χ0n) is 6.55. The third-order valence-electron chi connectivity index (χ3n) is 2.06. The Morgan fingerprint density at radius 3 is 2.92 bits per heavy atom. The molecular weight excluding hydrogens is 283 g/mol. The highest BCUT2D eigenvalue weighted by Gasteiger charge is 2.25. The largest absolute Gasteiger partial charge is 0.294 e. The average molecular weight is 292 g/mol. The molecule has 0 amide bonds. The first-order chi connectivity index (χ1) is 5.75. The molecule has 0 aromatic carbocycles. The van der Waals surface area contributed by atoms with Crippen LogP contribution in [0.15, 0.2) is 11.4 Å². The number of hydrogen-bond donors (Lipinski definition) is 0. The van der Waals surface area contributed by atoms with Crippen molar-refractivity contribution in [3.05, 3.63) is 19.9 Å². The van der Waals surface area contributed by atoms with E-state index in [9.17, 15) is 4.79 Å². The van der Waals surface area contributed by atoms with Crippen LogP contribution in [0.25, 0.3) is 0 Å². The summed E-state index contributed by atoms with van der Waals surface area (Å²) in [7, 11) is 0. The summed E-state index contributed by atoms with van der Waals surface area (Å²) < 4.78 is 1.20. The Morgan fingerprint density at radius 1 is 1.67 bits per heavy atom. The Morgan fingerprint density at radius 2 is 2.42 bits per heavy atom. The van der Waals surface area contributed by atoms with E-state index < -0.39 is 0 Å². The van der Waals surface area contributed by atoms with Gasteiger partial charge in [0.2, 0.25) is 0 Å². The number of thiophene rings is 1. The zero-order chi connectivity index (χ0) is 8.55. The van der Waals surface area contributed by atoms with Gasteiger partial charge in [-0.25, -0.2) is 0 Å². The summed E-state index contributed by atoms with van der Waals surface area (Å²) in [5.41, 5.74) is 0.913. The highest BCUT2D eigenvalue weighted by atomic mass is 127. The molecule has 0 radical (unpaired) electrons.